The molecule has 3 aromatic carbocycles. The Labute approximate surface area is 184 Å². The first-order valence-corrected chi connectivity index (χ1v) is 11.4. The maximum Gasteiger partial charge on any atom is 0.323 e. The molecule has 9 heteroatoms. The lowest BCUT2D eigenvalue weighted by Gasteiger charge is -2.18. The van der Waals surface area contributed by atoms with Crippen molar-refractivity contribution in [2.75, 3.05) is 4.72 Å². The normalized spacial score (nSPS) is 12.4. The molecule has 1 amide bonds. The fourth-order valence-electron chi connectivity index (χ4n) is 3.58. The van der Waals surface area contributed by atoms with Gasteiger partial charge in [0, 0.05) is 0 Å². The van der Waals surface area contributed by atoms with E-state index in [1.807, 2.05) is 38.1 Å². The molecule has 8 nitrogen and oxygen atoms in total. The number of anilines is 1. The van der Waals surface area contributed by atoms with E-state index < -0.39 is 21.6 Å². The predicted octanol–water partition coefficient (Wildman–Crippen LogP) is 3.46. The second-order valence-electron chi connectivity index (χ2n) is 7.49. The molecule has 4 rings (SSSR count). The summed E-state index contributed by atoms with van der Waals surface area (Å²) in [5.74, 6) is -0.399. The number of H-pyrrole nitrogens is 2. The predicted molar refractivity (Wildman–Crippen MR) is 123 cm³/mol. The molecule has 32 heavy (non-hydrogen) atoms. The minimum absolute atomic E-state index is 0.0382. The largest absolute Gasteiger partial charge is 0.345 e. The van der Waals surface area contributed by atoms with E-state index in [0.29, 0.717) is 11.0 Å². The van der Waals surface area contributed by atoms with Crippen LogP contribution in [0.3, 0.4) is 0 Å². The average Bonchev–Trinajstić information content (AvgIpc) is 3.13. The first-order chi connectivity index (χ1) is 15.2. The van der Waals surface area contributed by atoms with Crippen LogP contribution >= 0.6 is 0 Å². The summed E-state index contributed by atoms with van der Waals surface area (Å²) < 4.78 is 28.4. The number of amides is 1. The lowest BCUT2D eigenvalue weighted by molar-refractivity contribution is 0.0940. The Morgan fingerprint density at radius 3 is 2.41 bits per heavy atom. The van der Waals surface area contributed by atoms with E-state index in [-0.39, 0.29) is 22.2 Å². The van der Waals surface area contributed by atoms with Gasteiger partial charge in [-0.05, 0) is 55.3 Å². The first kappa shape index (κ1) is 21.4. The van der Waals surface area contributed by atoms with E-state index in [1.165, 1.54) is 24.3 Å². The number of imidazole rings is 1. The Bertz CT molecular complexity index is 1470. The number of carbonyl (C=O) groups excluding carboxylic acids is 1. The molecule has 0 saturated heterocycles. The molecule has 0 aliphatic heterocycles. The van der Waals surface area contributed by atoms with Crippen molar-refractivity contribution in [3.8, 4) is 0 Å². The summed E-state index contributed by atoms with van der Waals surface area (Å²) in [5, 5.41) is 2.93. The van der Waals surface area contributed by atoms with Crippen LogP contribution in [0.1, 0.15) is 34.5 Å². The number of rotatable bonds is 6. The van der Waals surface area contributed by atoms with Gasteiger partial charge in [-0.1, -0.05) is 36.4 Å². The maximum atomic E-state index is 13.0. The fraction of sp³-hybridized carbons (Fsp3) is 0.130. The van der Waals surface area contributed by atoms with Crippen LogP contribution in [0, 0.1) is 6.92 Å². The topological polar surface area (TPSA) is 124 Å². The number of hydrogen-bond donors (Lipinski definition) is 4. The molecule has 1 unspecified atom stereocenters. The Morgan fingerprint density at radius 1 is 0.938 bits per heavy atom. The minimum atomic E-state index is -4.00. The molecular formula is C23H22N4O4S. The molecule has 164 valence electrons. The highest BCUT2D eigenvalue weighted by Crippen LogP contribution is 2.23. The number of hydrogen-bond acceptors (Lipinski definition) is 4. The van der Waals surface area contributed by atoms with Gasteiger partial charge in [-0.25, -0.2) is 13.2 Å². The average molecular weight is 451 g/mol. The van der Waals surface area contributed by atoms with Gasteiger partial charge in [0.25, 0.3) is 15.9 Å². The zero-order valence-electron chi connectivity index (χ0n) is 17.5. The van der Waals surface area contributed by atoms with Crippen molar-refractivity contribution in [1.82, 2.24) is 15.3 Å². The third-order valence-corrected chi connectivity index (χ3v) is 6.58. The molecule has 0 fully saturated rings. The Balaban J connectivity index is 1.60. The van der Waals surface area contributed by atoms with Crippen molar-refractivity contribution in [3.63, 3.8) is 0 Å². The third kappa shape index (κ3) is 4.28. The first-order valence-electron chi connectivity index (χ1n) is 9.95. The Morgan fingerprint density at radius 2 is 1.62 bits per heavy atom. The van der Waals surface area contributed by atoms with Crippen molar-refractivity contribution in [2.45, 2.75) is 24.8 Å². The number of fused-ring (bicyclic) bond motifs is 1. The lowest BCUT2D eigenvalue weighted by Crippen LogP contribution is -2.28. The number of aromatic amines is 2. The Kier molecular flexibility index (Phi) is 5.58. The van der Waals surface area contributed by atoms with E-state index >= 15 is 0 Å². The second-order valence-corrected chi connectivity index (χ2v) is 9.17. The van der Waals surface area contributed by atoms with E-state index in [9.17, 15) is 18.0 Å². The van der Waals surface area contributed by atoms with E-state index in [1.54, 1.807) is 18.2 Å². The zero-order chi connectivity index (χ0) is 22.9. The highest BCUT2D eigenvalue weighted by atomic mass is 32.2. The molecule has 0 aliphatic rings. The fourth-order valence-corrected chi connectivity index (χ4v) is 4.68. The van der Waals surface area contributed by atoms with Crippen molar-refractivity contribution in [3.05, 3.63) is 93.9 Å². The molecular weight excluding hydrogens is 428 g/mol. The van der Waals surface area contributed by atoms with Gasteiger partial charge in [-0.15, -0.1) is 0 Å². The van der Waals surface area contributed by atoms with Crippen molar-refractivity contribution >= 4 is 32.7 Å². The summed E-state index contributed by atoms with van der Waals surface area (Å²) in [7, 11) is -4.00. The monoisotopic (exact) mass is 450 g/mol. The van der Waals surface area contributed by atoms with E-state index in [4.69, 9.17) is 0 Å². The molecule has 4 N–H and O–H groups in total. The highest BCUT2D eigenvalue weighted by Gasteiger charge is 2.21. The molecule has 1 atom stereocenters. The summed E-state index contributed by atoms with van der Waals surface area (Å²) in [6, 6.07) is 18.1. The van der Waals surface area contributed by atoms with Crippen molar-refractivity contribution in [1.29, 1.82) is 0 Å². The summed E-state index contributed by atoms with van der Waals surface area (Å²) in [6.07, 6.45) is 0. The van der Waals surface area contributed by atoms with Crippen LogP contribution in [0.25, 0.3) is 11.0 Å². The van der Waals surface area contributed by atoms with Gasteiger partial charge in [0.1, 0.15) is 0 Å². The van der Waals surface area contributed by atoms with Crippen molar-refractivity contribution in [2.24, 2.45) is 0 Å². The lowest BCUT2D eigenvalue weighted by atomic mass is 10.0. The number of para-hydroxylation sites is 1. The molecule has 4 aromatic rings. The van der Waals surface area contributed by atoms with Crippen LogP contribution in [0.5, 0.6) is 0 Å². The summed E-state index contributed by atoms with van der Waals surface area (Å²) in [6.45, 7) is 3.84. The zero-order valence-corrected chi connectivity index (χ0v) is 18.3. The summed E-state index contributed by atoms with van der Waals surface area (Å²) in [4.78, 5) is 29.5. The minimum Gasteiger partial charge on any atom is -0.345 e. The smallest absolute Gasteiger partial charge is 0.323 e. The van der Waals surface area contributed by atoms with E-state index in [2.05, 4.69) is 20.0 Å². The number of sulfonamides is 1. The Hall–Kier alpha value is -3.85. The van der Waals surface area contributed by atoms with Gasteiger partial charge >= 0.3 is 5.69 Å². The number of carbonyl (C=O) groups is 1. The van der Waals surface area contributed by atoms with Gasteiger partial charge < -0.3 is 15.3 Å². The van der Waals surface area contributed by atoms with Crippen LogP contribution in [0.4, 0.5) is 5.69 Å². The third-order valence-electron chi connectivity index (χ3n) is 5.22. The van der Waals surface area contributed by atoms with E-state index in [0.717, 1.165) is 11.1 Å². The maximum absolute atomic E-state index is 13.0. The summed E-state index contributed by atoms with van der Waals surface area (Å²) in [5.41, 5.74) is 2.83. The quantitative estimate of drug-likeness (QED) is 0.359. The molecule has 0 radical (unpaired) electrons. The van der Waals surface area contributed by atoms with Gasteiger partial charge in [0.15, 0.2) is 0 Å². The van der Waals surface area contributed by atoms with Crippen LogP contribution in [-0.4, -0.2) is 24.3 Å². The number of nitrogens with one attached hydrogen (secondary N) is 4. The van der Waals surface area contributed by atoms with Crippen LogP contribution in [-0.2, 0) is 10.0 Å². The van der Waals surface area contributed by atoms with Gasteiger partial charge in [0.05, 0.1) is 33.2 Å². The number of aromatic nitrogens is 2. The van der Waals surface area contributed by atoms with Crippen LogP contribution in [0.15, 0.2) is 76.4 Å². The highest BCUT2D eigenvalue weighted by molar-refractivity contribution is 7.92. The number of aryl methyl sites for hydroxylation is 1. The number of benzene rings is 3. The molecule has 0 aliphatic carbocycles. The van der Waals surface area contributed by atoms with Crippen LogP contribution in [0.2, 0.25) is 0 Å². The van der Waals surface area contributed by atoms with Gasteiger partial charge in [-0.3, -0.25) is 9.52 Å². The molecule has 0 spiro atoms. The molecule has 1 aromatic heterocycles. The van der Waals surface area contributed by atoms with Crippen molar-refractivity contribution < 1.29 is 13.2 Å². The molecule has 0 bridgehead atoms. The SMILES string of the molecule is Cc1ccccc1C(C)NC(=O)c1ccccc1NS(=O)(=O)c1ccc2[nH]c(=O)[nH]c2c1. The van der Waals surface area contributed by atoms with Gasteiger partial charge in [-0.2, -0.15) is 0 Å². The van der Waals surface area contributed by atoms with Gasteiger partial charge in [0.2, 0.25) is 0 Å². The summed E-state index contributed by atoms with van der Waals surface area (Å²) >= 11 is 0. The molecule has 0 saturated carbocycles. The van der Waals surface area contributed by atoms with Crippen LogP contribution < -0.4 is 15.7 Å². The standard InChI is InChI=1S/C23H22N4O4S/c1-14-7-3-4-8-17(14)15(2)24-22(28)18-9-5-6-10-19(18)27-32(30,31)16-11-12-20-21(13-16)26-23(29)25-20/h3-13,15,27H,1-2H3,(H,24,28)(H2,25,26,29). The molecule has 1 heterocycles. The second kappa shape index (κ2) is 8.35.